The van der Waals surface area contributed by atoms with Crippen LogP contribution in [0.3, 0.4) is 0 Å². The maximum atomic E-state index is 13.0. The molecule has 0 spiro atoms. The summed E-state index contributed by atoms with van der Waals surface area (Å²) in [5, 5.41) is 3.35. The number of hydrogen-bond donors (Lipinski definition) is 1. The topological polar surface area (TPSA) is 41.6 Å². The molecule has 1 N–H and O–H groups in total. The molecule has 1 rings (SSSR count). The van der Waals surface area contributed by atoms with E-state index in [2.05, 4.69) is 31.0 Å². The van der Waals surface area contributed by atoms with Crippen molar-refractivity contribution in [3.8, 4) is 0 Å². The molecule has 1 unspecified atom stereocenters. The Hall–Kier alpha value is -0.610. The van der Waals surface area contributed by atoms with Crippen LogP contribution >= 0.6 is 0 Å². The van der Waals surface area contributed by atoms with Gasteiger partial charge < -0.3 is 15.0 Å². The first-order chi connectivity index (χ1) is 9.15. The van der Waals surface area contributed by atoms with Crippen molar-refractivity contribution < 1.29 is 9.53 Å². The molecular formula is C15H30N2O2. The average molecular weight is 270 g/mol. The fourth-order valence-corrected chi connectivity index (χ4v) is 3.05. The third kappa shape index (κ3) is 3.69. The van der Waals surface area contributed by atoms with Crippen molar-refractivity contribution in [2.45, 2.75) is 52.5 Å². The molecule has 0 bridgehead atoms. The molecule has 1 heterocycles. The number of methoxy groups -OCH3 is 1. The van der Waals surface area contributed by atoms with Crippen molar-refractivity contribution >= 4 is 5.91 Å². The van der Waals surface area contributed by atoms with Crippen molar-refractivity contribution in [1.29, 1.82) is 0 Å². The average Bonchev–Trinajstić information content (AvgIpc) is 2.93. The maximum absolute atomic E-state index is 13.0. The van der Waals surface area contributed by atoms with E-state index < -0.39 is 0 Å². The lowest BCUT2D eigenvalue weighted by Crippen LogP contribution is -2.50. The van der Waals surface area contributed by atoms with Crippen LogP contribution < -0.4 is 5.32 Å². The molecule has 0 aromatic carbocycles. The molecule has 1 atom stereocenters. The van der Waals surface area contributed by atoms with Gasteiger partial charge in [0.2, 0.25) is 5.91 Å². The molecule has 4 heteroatoms. The number of ether oxygens (including phenoxy) is 1. The minimum absolute atomic E-state index is 0.184. The number of nitrogens with zero attached hydrogens (tertiary/aromatic N) is 1. The summed E-state index contributed by atoms with van der Waals surface area (Å²) in [5.41, 5.74) is -0.184. The van der Waals surface area contributed by atoms with E-state index >= 15 is 0 Å². The van der Waals surface area contributed by atoms with E-state index in [1.54, 1.807) is 7.11 Å². The van der Waals surface area contributed by atoms with E-state index in [-0.39, 0.29) is 5.41 Å². The van der Waals surface area contributed by atoms with Crippen LogP contribution in [-0.2, 0) is 9.53 Å². The molecular weight excluding hydrogens is 240 g/mol. The number of carbonyl (C=O) groups is 1. The summed E-state index contributed by atoms with van der Waals surface area (Å²) in [5.74, 6) is 0.325. The predicted octanol–water partition coefficient (Wildman–Crippen LogP) is 2.04. The number of nitrogens with one attached hydrogen (secondary N) is 1. The zero-order valence-corrected chi connectivity index (χ0v) is 13.0. The Morgan fingerprint density at radius 2 is 2.05 bits per heavy atom. The van der Waals surface area contributed by atoms with Crippen LogP contribution in [0.15, 0.2) is 0 Å². The van der Waals surface area contributed by atoms with E-state index in [4.69, 9.17) is 4.74 Å². The van der Waals surface area contributed by atoms with E-state index in [1.165, 1.54) is 0 Å². The second-order valence-electron chi connectivity index (χ2n) is 5.52. The fraction of sp³-hybridized carbons (Fsp3) is 0.933. The SMILES string of the molecule is CCC(CC)N(CCOC)C(=O)C1(CC)CCNC1. The molecule has 1 amide bonds. The largest absolute Gasteiger partial charge is 0.383 e. The van der Waals surface area contributed by atoms with Crippen molar-refractivity contribution in [3.05, 3.63) is 0 Å². The van der Waals surface area contributed by atoms with Crippen molar-refractivity contribution in [1.82, 2.24) is 10.2 Å². The van der Waals surface area contributed by atoms with Crippen molar-refractivity contribution in [2.24, 2.45) is 5.41 Å². The van der Waals surface area contributed by atoms with Gasteiger partial charge in [0, 0.05) is 26.2 Å². The van der Waals surface area contributed by atoms with Crippen LogP contribution in [0.1, 0.15) is 46.5 Å². The van der Waals surface area contributed by atoms with Crippen LogP contribution in [0.2, 0.25) is 0 Å². The van der Waals surface area contributed by atoms with E-state index in [9.17, 15) is 4.79 Å². The monoisotopic (exact) mass is 270 g/mol. The van der Waals surface area contributed by atoms with Gasteiger partial charge in [0.25, 0.3) is 0 Å². The van der Waals surface area contributed by atoms with Gasteiger partial charge in [0.15, 0.2) is 0 Å². The van der Waals surface area contributed by atoms with Crippen LogP contribution in [-0.4, -0.2) is 50.2 Å². The lowest BCUT2D eigenvalue weighted by atomic mass is 9.82. The van der Waals surface area contributed by atoms with E-state index in [0.717, 1.165) is 38.8 Å². The quantitative estimate of drug-likeness (QED) is 0.734. The molecule has 0 radical (unpaired) electrons. The molecule has 0 aromatic rings. The van der Waals surface area contributed by atoms with Crippen LogP contribution in [0, 0.1) is 5.41 Å². The second-order valence-corrected chi connectivity index (χ2v) is 5.52. The Balaban J connectivity index is 2.85. The normalized spacial score (nSPS) is 23.0. The summed E-state index contributed by atoms with van der Waals surface area (Å²) in [6, 6.07) is 0.340. The van der Waals surface area contributed by atoms with Gasteiger partial charge in [-0.3, -0.25) is 4.79 Å². The fourth-order valence-electron chi connectivity index (χ4n) is 3.05. The van der Waals surface area contributed by atoms with Gasteiger partial charge in [-0.25, -0.2) is 0 Å². The first kappa shape index (κ1) is 16.4. The smallest absolute Gasteiger partial charge is 0.230 e. The number of hydrogen-bond acceptors (Lipinski definition) is 3. The molecule has 19 heavy (non-hydrogen) atoms. The van der Waals surface area contributed by atoms with Gasteiger partial charge in [-0.05, 0) is 32.2 Å². The third-order valence-electron chi connectivity index (χ3n) is 4.55. The van der Waals surface area contributed by atoms with E-state index in [0.29, 0.717) is 25.1 Å². The molecule has 0 aromatic heterocycles. The first-order valence-electron chi connectivity index (χ1n) is 7.65. The summed E-state index contributed by atoms with van der Waals surface area (Å²) in [6.45, 7) is 9.57. The second kappa shape index (κ2) is 7.85. The summed E-state index contributed by atoms with van der Waals surface area (Å²) in [6.07, 6.45) is 3.91. The number of rotatable bonds is 8. The van der Waals surface area contributed by atoms with Crippen molar-refractivity contribution in [3.63, 3.8) is 0 Å². The predicted molar refractivity (Wildman–Crippen MR) is 78.2 cm³/mol. The van der Waals surface area contributed by atoms with E-state index in [1.807, 2.05) is 0 Å². The van der Waals surface area contributed by atoms with Gasteiger partial charge >= 0.3 is 0 Å². The zero-order chi connectivity index (χ0) is 14.3. The molecule has 0 aliphatic carbocycles. The van der Waals surface area contributed by atoms with Crippen LogP contribution in [0.4, 0.5) is 0 Å². The molecule has 112 valence electrons. The molecule has 1 saturated heterocycles. The Labute approximate surface area is 117 Å². The highest BCUT2D eigenvalue weighted by Crippen LogP contribution is 2.33. The highest BCUT2D eigenvalue weighted by molar-refractivity contribution is 5.83. The summed E-state index contributed by atoms with van der Waals surface area (Å²) < 4.78 is 5.18. The minimum atomic E-state index is -0.184. The minimum Gasteiger partial charge on any atom is -0.383 e. The highest BCUT2D eigenvalue weighted by atomic mass is 16.5. The summed E-state index contributed by atoms with van der Waals surface area (Å²) in [4.78, 5) is 15.1. The summed E-state index contributed by atoms with van der Waals surface area (Å²) in [7, 11) is 1.70. The van der Waals surface area contributed by atoms with Gasteiger partial charge in [-0.1, -0.05) is 20.8 Å². The lowest BCUT2D eigenvalue weighted by Gasteiger charge is -2.37. The van der Waals surface area contributed by atoms with Gasteiger partial charge in [-0.15, -0.1) is 0 Å². The maximum Gasteiger partial charge on any atom is 0.230 e. The number of carbonyl (C=O) groups excluding carboxylic acids is 1. The Morgan fingerprint density at radius 3 is 2.47 bits per heavy atom. The standard InChI is InChI=1S/C15H30N2O2/c1-5-13(6-2)17(10-11-19-4)14(18)15(7-3)8-9-16-12-15/h13,16H,5-12H2,1-4H3. The molecule has 1 aliphatic rings. The summed E-state index contributed by atoms with van der Waals surface area (Å²) >= 11 is 0. The van der Waals surface area contributed by atoms with Crippen LogP contribution in [0.25, 0.3) is 0 Å². The Bertz CT molecular complexity index is 271. The first-order valence-corrected chi connectivity index (χ1v) is 7.65. The van der Waals surface area contributed by atoms with Crippen molar-refractivity contribution in [2.75, 3.05) is 33.4 Å². The third-order valence-corrected chi connectivity index (χ3v) is 4.55. The Morgan fingerprint density at radius 1 is 1.37 bits per heavy atom. The molecule has 4 nitrogen and oxygen atoms in total. The molecule has 1 fully saturated rings. The molecule has 0 saturated carbocycles. The lowest BCUT2D eigenvalue weighted by molar-refractivity contribution is -0.144. The Kier molecular flexibility index (Phi) is 6.80. The number of amides is 1. The van der Waals surface area contributed by atoms with Gasteiger partial charge in [0.1, 0.15) is 0 Å². The van der Waals surface area contributed by atoms with Gasteiger partial charge in [-0.2, -0.15) is 0 Å². The highest BCUT2D eigenvalue weighted by Gasteiger charge is 2.43. The zero-order valence-electron chi connectivity index (χ0n) is 13.0. The van der Waals surface area contributed by atoms with Crippen LogP contribution in [0.5, 0.6) is 0 Å². The van der Waals surface area contributed by atoms with Gasteiger partial charge in [0.05, 0.1) is 12.0 Å². The molecule has 1 aliphatic heterocycles.